The SMILES string of the molecule is Nc1cccc(-c2ccnc(Cn3c(=O)ccn([C@@H]4O[C@H](CO)C(O)C4O)c3=O)c2)c1. The smallest absolute Gasteiger partial charge is 0.333 e. The first-order chi connectivity index (χ1) is 14.9. The first-order valence-electron chi connectivity index (χ1n) is 9.64. The lowest BCUT2D eigenvalue weighted by molar-refractivity contribution is -0.0555. The Bertz CT molecular complexity index is 1210. The number of nitrogens with two attached hydrogens (primary N) is 1. The van der Waals surface area contributed by atoms with Crippen molar-refractivity contribution in [3.8, 4) is 11.1 Å². The maximum absolute atomic E-state index is 13.0. The van der Waals surface area contributed by atoms with Gasteiger partial charge in [-0.15, -0.1) is 0 Å². The van der Waals surface area contributed by atoms with E-state index in [1.807, 2.05) is 18.2 Å². The minimum Gasteiger partial charge on any atom is -0.399 e. The summed E-state index contributed by atoms with van der Waals surface area (Å²) in [5.74, 6) is 0. The number of aliphatic hydroxyl groups is 3. The third-order valence-corrected chi connectivity index (χ3v) is 5.24. The summed E-state index contributed by atoms with van der Waals surface area (Å²) < 4.78 is 7.38. The highest BCUT2D eigenvalue weighted by Crippen LogP contribution is 2.28. The van der Waals surface area contributed by atoms with Gasteiger partial charge in [-0.25, -0.2) is 4.79 Å². The van der Waals surface area contributed by atoms with Gasteiger partial charge in [0.15, 0.2) is 6.23 Å². The number of aromatic nitrogens is 3. The van der Waals surface area contributed by atoms with Gasteiger partial charge in [0.2, 0.25) is 0 Å². The summed E-state index contributed by atoms with van der Waals surface area (Å²) in [5, 5.41) is 29.4. The predicted octanol–water partition coefficient (Wildman–Crippen LogP) is -0.686. The predicted molar refractivity (Wildman–Crippen MR) is 111 cm³/mol. The van der Waals surface area contributed by atoms with Gasteiger partial charge in [0.1, 0.15) is 18.3 Å². The lowest BCUT2D eigenvalue weighted by Gasteiger charge is -2.18. The number of hydrogen-bond donors (Lipinski definition) is 4. The third kappa shape index (κ3) is 4.01. The van der Waals surface area contributed by atoms with Crippen LogP contribution in [0, 0.1) is 0 Å². The van der Waals surface area contributed by atoms with E-state index in [1.165, 1.54) is 6.20 Å². The van der Waals surface area contributed by atoms with E-state index >= 15 is 0 Å². The molecule has 0 spiro atoms. The number of ether oxygens (including phenoxy) is 1. The molecule has 10 nitrogen and oxygen atoms in total. The second-order valence-corrected chi connectivity index (χ2v) is 7.32. The molecule has 5 N–H and O–H groups in total. The van der Waals surface area contributed by atoms with Crippen LogP contribution < -0.4 is 17.0 Å². The van der Waals surface area contributed by atoms with Gasteiger partial charge in [-0.3, -0.25) is 18.9 Å². The normalized spacial score (nSPS) is 23.2. The van der Waals surface area contributed by atoms with Crippen LogP contribution >= 0.6 is 0 Å². The fourth-order valence-corrected chi connectivity index (χ4v) is 3.60. The van der Waals surface area contributed by atoms with Gasteiger partial charge >= 0.3 is 5.69 Å². The quantitative estimate of drug-likeness (QED) is 0.391. The van der Waals surface area contributed by atoms with Crippen molar-refractivity contribution in [2.75, 3.05) is 12.3 Å². The molecular formula is C21H22N4O6. The summed E-state index contributed by atoms with van der Waals surface area (Å²) in [6.07, 6.45) is -2.31. The van der Waals surface area contributed by atoms with E-state index in [2.05, 4.69) is 4.98 Å². The van der Waals surface area contributed by atoms with E-state index in [4.69, 9.17) is 10.5 Å². The maximum atomic E-state index is 13.0. The number of aliphatic hydroxyl groups excluding tert-OH is 3. The molecular weight excluding hydrogens is 404 g/mol. The first kappa shape index (κ1) is 20.9. The van der Waals surface area contributed by atoms with Gasteiger partial charge in [0, 0.05) is 24.1 Å². The average molecular weight is 426 g/mol. The second-order valence-electron chi connectivity index (χ2n) is 7.32. The largest absolute Gasteiger partial charge is 0.399 e. The molecule has 1 aliphatic rings. The molecule has 0 aliphatic carbocycles. The fraction of sp³-hybridized carbons (Fsp3) is 0.286. The van der Waals surface area contributed by atoms with E-state index < -0.39 is 42.4 Å². The van der Waals surface area contributed by atoms with Crippen molar-refractivity contribution in [3.05, 3.63) is 81.4 Å². The van der Waals surface area contributed by atoms with Crippen LogP contribution in [0.5, 0.6) is 0 Å². The van der Waals surface area contributed by atoms with Gasteiger partial charge in [-0.1, -0.05) is 12.1 Å². The van der Waals surface area contributed by atoms with E-state index in [-0.39, 0.29) is 6.54 Å². The number of nitrogen functional groups attached to an aromatic ring is 1. The van der Waals surface area contributed by atoms with Crippen LogP contribution in [0.3, 0.4) is 0 Å². The summed E-state index contributed by atoms with van der Waals surface area (Å²) in [7, 11) is 0. The maximum Gasteiger partial charge on any atom is 0.333 e. The molecule has 2 aromatic heterocycles. The van der Waals surface area contributed by atoms with Crippen molar-refractivity contribution in [3.63, 3.8) is 0 Å². The van der Waals surface area contributed by atoms with Gasteiger partial charge in [-0.05, 0) is 35.4 Å². The molecule has 1 saturated heterocycles. The monoisotopic (exact) mass is 426 g/mol. The van der Waals surface area contributed by atoms with Crippen LogP contribution in [-0.2, 0) is 11.3 Å². The van der Waals surface area contributed by atoms with E-state index in [0.29, 0.717) is 11.4 Å². The van der Waals surface area contributed by atoms with Gasteiger partial charge < -0.3 is 25.8 Å². The van der Waals surface area contributed by atoms with Crippen molar-refractivity contribution < 1.29 is 20.1 Å². The van der Waals surface area contributed by atoms with Crippen molar-refractivity contribution in [2.24, 2.45) is 0 Å². The summed E-state index contributed by atoms with van der Waals surface area (Å²) in [5.41, 5.74) is 7.33. The zero-order valence-corrected chi connectivity index (χ0v) is 16.4. The Morgan fingerprint density at radius 3 is 2.55 bits per heavy atom. The van der Waals surface area contributed by atoms with Crippen LogP contribution in [0.1, 0.15) is 11.9 Å². The Kier molecular flexibility index (Phi) is 5.70. The van der Waals surface area contributed by atoms with Gasteiger partial charge in [0.25, 0.3) is 5.56 Å². The van der Waals surface area contributed by atoms with Crippen LogP contribution in [0.4, 0.5) is 5.69 Å². The summed E-state index contributed by atoms with van der Waals surface area (Å²) in [6.45, 7) is -0.632. The third-order valence-electron chi connectivity index (χ3n) is 5.24. The standard InChI is InChI=1S/C21H22N4O6/c22-14-3-1-2-12(8-14)13-4-6-23-15(9-13)10-25-17(27)5-7-24(21(25)30)20-19(29)18(28)16(11-26)31-20/h1-9,16,18-20,26,28-29H,10-11,22H2/t16-,18?,19?,20-/m1/s1. The molecule has 10 heteroatoms. The minimum absolute atomic E-state index is 0.108. The molecule has 3 aromatic rings. The highest BCUT2D eigenvalue weighted by atomic mass is 16.6. The molecule has 2 unspecified atom stereocenters. The molecule has 0 radical (unpaired) electrons. The lowest BCUT2D eigenvalue weighted by atomic mass is 10.1. The highest BCUT2D eigenvalue weighted by molar-refractivity contribution is 5.67. The molecule has 31 heavy (non-hydrogen) atoms. The van der Waals surface area contributed by atoms with Crippen molar-refractivity contribution in [1.29, 1.82) is 0 Å². The summed E-state index contributed by atoms with van der Waals surface area (Å²) in [6, 6.07) is 12.0. The van der Waals surface area contributed by atoms with Gasteiger partial charge in [-0.2, -0.15) is 0 Å². The number of benzene rings is 1. The Balaban J connectivity index is 1.67. The molecule has 1 aromatic carbocycles. The number of nitrogens with zero attached hydrogens (tertiary/aromatic N) is 3. The minimum atomic E-state index is -1.44. The van der Waals surface area contributed by atoms with Crippen molar-refractivity contribution in [1.82, 2.24) is 14.1 Å². The average Bonchev–Trinajstić information content (AvgIpc) is 3.05. The topological polar surface area (TPSA) is 153 Å². The van der Waals surface area contributed by atoms with E-state index in [1.54, 1.807) is 24.4 Å². The highest BCUT2D eigenvalue weighted by Gasteiger charge is 2.43. The second kappa shape index (κ2) is 8.44. The summed E-state index contributed by atoms with van der Waals surface area (Å²) in [4.78, 5) is 29.6. The van der Waals surface area contributed by atoms with E-state index in [0.717, 1.165) is 26.3 Å². The summed E-state index contributed by atoms with van der Waals surface area (Å²) >= 11 is 0. The van der Waals surface area contributed by atoms with Crippen LogP contribution in [-0.4, -0.2) is 54.4 Å². The van der Waals surface area contributed by atoms with Gasteiger partial charge in [0.05, 0.1) is 18.8 Å². The van der Waals surface area contributed by atoms with Crippen molar-refractivity contribution >= 4 is 5.69 Å². The number of hydrogen-bond acceptors (Lipinski definition) is 8. The molecule has 0 amide bonds. The fourth-order valence-electron chi connectivity index (χ4n) is 3.60. The van der Waals surface area contributed by atoms with Crippen molar-refractivity contribution in [2.45, 2.75) is 31.1 Å². The molecule has 3 heterocycles. The Labute approximate surface area is 176 Å². The number of pyridine rings is 1. The molecule has 1 fully saturated rings. The molecule has 0 saturated carbocycles. The van der Waals surface area contributed by atoms with Crippen LogP contribution in [0.15, 0.2) is 64.4 Å². The number of rotatable bonds is 5. The molecule has 0 bridgehead atoms. The Morgan fingerprint density at radius 2 is 1.84 bits per heavy atom. The molecule has 162 valence electrons. The van der Waals surface area contributed by atoms with Crippen LogP contribution in [0.2, 0.25) is 0 Å². The van der Waals surface area contributed by atoms with E-state index in [9.17, 15) is 24.9 Å². The zero-order valence-electron chi connectivity index (χ0n) is 16.4. The molecule has 4 atom stereocenters. The molecule has 4 rings (SSSR count). The Morgan fingerprint density at radius 1 is 1.06 bits per heavy atom. The number of anilines is 1. The van der Waals surface area contributed by atoms with Crippen LogP contribution in [0.25, 0.3) is 11.1 Å². The zero-order chi connectivity index (χ0) is 22.1. The first-order valence-corrected chi connectivity index (χ1v) is 9.64. The Hall–Kier alpha value is -3.31. The molecule has 1 aliphatic heterocycles. The lowest BCUT2D eigenvalue weighted by Crippen LogP contribution is -2.43.